The van der Waals surface area contributed by atoms with Gasteiger partial charge in [0.25, 0.3) is 5.89 Å². The molecule has 0 amide bonds. The summed E-state index contributed by atoms with van der Waals surface area (Å²) >= 11 is 1.47. The number of aromatic nitrogens is 2. The Morgan fingerprint density at radius 1 is 1.17 bits per heavy atom. The molecule has 1 aliphatic rings. The summed E-state index contributed by atoms with van der Waals surface area (Å²) in [4.78, 5) is 17.5. The van der Waals surface area contributed by atoms with Gasteiger partial charge in [0.1, 0.15) is 0 Å². The van der Waals surface area contributed by atoms with Gasteiger partial charge in [-0.3, -0.25) is 0 Å². The van der Waals surface area contributed by atoms with Crippen molar-refractivity contribution in [2.75, 3.05) is 13.1 Å². The van der Waals surface area contributed by atoms with Crippen LogP contribution in [-0.2, 0) is 21.4 Å². The zero-order valence-electron chi connectivity index (χ0n) is 15.5. The number of thiophene rings is 1. The number of hydrogen-bond acceptors (Lipinski definition) is 8. The molecule has 8 nitrogen and oxygen atoms in total. The summed E-state index contributed by atoms with van der Waals surface area (Å²) in [6.07, 6.45) is 2.72. The Labute approximate surface area is 172 Å². The van der Waals surface area contributed by atoms with Crippen LogP contribution in [0.25, 0.3) is 10.7 Å². The van der Waals surface area contributed by atoms with Crippen molar-refractivity contribution < 1.29 is 22.5 Å². The molecule has 29 heavy (non-hydrogen) atoms. The number of hydrogen-bond donors (Lipinski definition) is 0. The number of piperidine rings is 1. The number of benzene rings is 1. The second-order valence-electron chi connectivity index (χ2n) is 6.56. The van der Waals surface area contributed by atoms with Crippen molar-refractivity contribution in [3.05, 3.63) is 53.2 Å². The molecule has 1 aliphatic heterocycles. The predicted octanol–water partition coefficient (Wildman–Crippen LogP) is 3.33. The molecular weight excluding hydrogens is 414 g/mol. The van der Waals surface area contributed by atoms with E-state index < -0.39 is 16.0 Å². The summed E-state index contributed by atoms with van der Waals surface area (Å²) < 4.78 is 37.4. The highest BCUT2D eigenvalue weighted by atomic mass is 32.2. The van der Waals surface area contributed by atoms with Crippen molar-refractivity contribution in [3.63, 3.8) is 0 Å². The van der Waals surface area contributed by atoms with Crippen LogP contribution in [0.15, 0.2) is 51.2 Å². The summed E-state index contributed by atoms with van der Waals surface area (Å²) in [5.41, 5.74) is 0.154. The van der Waals surface area contributed by atoms with E-state index >= 15 is 0 Å². The summed E-state index contributed by atoms with van der Waals surface area (Å²) in [5.74, 6) is -0.0592. The topological polar surface area (TPSA) is 103 Å². The predicted molar refractivity (Wildman–Crippen MR) is 106 cm³/mol. The van der Waals surface area contributed by atoms with Gasteiger partial charge >= 0.3 is 5.97 Å². The molecule has 0 saturated carbocycles. The van der Waals surface area contributed by atoms with Crippen molar-refractivity contribution in [2.45, 2.75) is 30.8 Å². The number of carbonyl (C=O) groups excluding carboxylic acids is 1. The van der Waals surface area contributed by atoms with Gasteiger partial charge in [-0.25, -0.2) is 13.2 Å². The summed E-state index contributed by atoms with van der Waals surface area (Å²) in [6.45, 7) is 0.807. The molecule has 3 aromatic rings. The third kappa shape index (κ3) is 4.39. The lowest BCUT2D eigenvalue weighted by Crippen LogP contribution is -2.35. The average Bonchev–Trinajstić information content (AvgIpc) is 3.44. The maximum Gasteiger partial charge on any atom is 0.338 e. The van der Waals surface area contributed by atoms with Crippen LogP contribution >= 0.6 is 11.3 Å². The maximum absolute atomic E-state index is 12.8. The molecule has 2 aromatic heterocycles. The molecule has 152 valence electrons. The Bertz CT molecular complexity index is 1090. The molecule has 0 spiro atoms. The molecule has 1 fully saturated rings. The van der Waals surface area contributed by atoms with Gasteiger partial charge in [-0.05, 0) is 42.5 Å². The molecule has 0 unspecified atom stereocenters. The van der Waals surface area contributed by atoms with Crippen molar-refractivity contribution in [2.24, 2.45) is 0 Å². The lowest BCUT2D eigenvalue weighted by atomic mass is 10.2. The Morgan fingerprint density at radius 3 is 2.76 bits per heavy atom. The van der Waals surface area contributed by atoms with Crippen molar-refractivity contribution >= 4 is 27.3 Å². The Morgan fingerprint density at radius 2 is 2.00 bits per heavy atom. The SMILES string of the molecule is O=C(OCc1nc(-c2cccs2)no1)c1cccc(S(=O)(=O)N2CCCCC2)c1. The average molecular weight is 434 g/mol. The monoisotopic (exact) mass is 433 g/mol. The second-order valence-corrected chi connectivity index (χ2v) is 9.44. The smallest absolute Gasteiger partial charge is 0.338 e. The van der Waals surface area contributed by atoms with E-state index in [9.17, 15) is 13.2 Å². The van der Waals surface area contributed by atoms with E-state index in [-0.39, 0.29) is 23.0 Å². The van der Waals surface area contributed by atoms with Crippen LogP contribution in [0.5, 0.6) is 0 Å². The number of nitrogens with zero attached hydrogens (tertiary/aromatic N) is 3. The van der Waals surface area contributed by atoms with Crippen molar-refractivity contribution in [3.8, 4) is 10.7 Å². The Balaban J connectivity index is 1.43. The first-order valence-corrected chi connectivity index (χ1v) is 11.5. The molecule has 1 saturated heterocycles. The van der Waals surface area contributed by atoms with Gasteiger partial charge in [0.05, 0.1) is 15.3 Å². The molecule has 1 aromatic carbocycles. The first-order chi connectivity index (χ1) is 14.0. The van der Waals surface area contributed by atoms with E-state index in [0.717, 1.165) is 24.1 Å². The Kier molecular flexibility index (Phi) is 5.74. The van der Waals surface area contributed by atoms with Crippen LogP contribution in [-0.4, -0.2) is 41.9 Å². The minimum Gasteiger partial charge on any atom is -0.452 e. The molecule has 0 radical (unpaired) electrons. The van der Waals surface area contributed by atoms with Gasteiger partial charge in [-0.15, -0.1) is 11.3 Å². The number of carbonyl (C=O) groups is 1. The fraction of sp³-hybridized carbons (Fsp3) is 0.316. The second kappa shape index (κ2) is 8.44. The van der Waals surface area contributed by atoms with Gasteiger partial charge in [0.2, 0.25) is 15.8 Å². The van der Waals surface area contributed by atoms with Gasteiger partial charge in [-0.2, -0.15) is 9.29 Å². The molecule has 0 bridgehead atoms. The van der Waals surface area contributed by atoms with Crippen LogP contribution in [0.4, 0.5) is 0 Å². The molecule has 0 aliphatic carbocycles. The van der Waals surface area contributed by atoms with E-state index in [0.29, 0.717) is 18.9 Å². The lowest BCUT2D eigenvalue weighted by molar-refractivity contribution is 0.0429. The van der Waals surface area contributed by atoms with Crippen molar-refractivity contribution in [1.82, 2.24) is 14.4 Å². The largest absolute Gasteiger partial charge is 0.452 e. The molecule has 4 rings (SSSR count). The van der Waals surface area contributed by atoms with E-state index in [1.165, 1.54) is 39.9 Å². The van der Waals surface area contributed by atoms with Gasteiger partial charge < -0.3 is 9.26 Å². The fourth-order valence-electron chi connectivity index (χ4n) is 3.07. The summed E-state index contributed by atoms with van der Waals surface area (Å²) in [7, 11) is -3.62. The van der Waals surface area contributed by atoms with Crippen molar-refractivity contribution in [1.29, 1.82) is 0 Å². The quantitative estimate of drug-likeness (QED) is 0.549. The molecule has 0 N–H and O–H groups in total. The van der Waals surface area contributed by atoms with Crippen LogP contribution in [0.3, 0.4) is 0 Å². The van der Waals surface area contributed by atoms with Crippen LogP contribution in [0.2, 0.25) is 0 Å². The highest BCUT2D eigenvalue weighted by Gasteiger charge is 2.26. The first kappa shape index (κ1) is 19.7. The zero-order chi connectivity index (χ0) is 20.3. The highest BCUT2D eigenvalue weighted by molar-refractivity contribution is 7.89. The normalized spacial score (nSPS) is 15.3. The van der Waals surface area contributed by atoms with Crippen LogP contribution in [0, 0.1) is 0 Å². The van der Waals surface area contributed by atoms with E-state index in [1.807, 2.05) is 17.5 Å². The first-order valence-electron chi connectivity index (χ1n) is 9.18. The number of esters is 1. The number of sulfonamides is 1. The van der Waals surface area contributed by atoms with E-state index in [2.05, 4.69) is 10.1 Å². The lowest BCUT2D eigenvalue weighted by Gasteiger charge is -2.25. The van der Waals surface area contributed by atoms with Crippen LogP contribution < -0.4 is 0 Å². The summed E-state index contributed by atoms with van der Waals surface area (Å²) in [5, 5.41) is 5.75. The van der Waals surface area contributed by atoms with E-state index in [1.54, 1.807) is 0 Å². The van der Waals surface area contributed by atoms with E-state index in [4.69, 9.17) is 9.26 Å². The number of rotatable bonds is 6. The number of ether oxygens (including phenoxy) is 1. The minimum absolute atomic E-state index is 0.0895. The third-order valence-electron chi connectivity index (χ3n) is 4.56. The third-order valence-corrected chi connectivity index (χ3v) is 7.32. The maximum atomic E-state index is 12.8. The molecule has 3 heterocycles. The molecule has 10 heteroatoms. The molecular formula is C19H19N3O5S2. The highest BCUT2D eigenvalue weighted by Crippen LogP contribution is 2.23. The summed E-state index contributed by atoms with van der Waals surface area (Å²) in [6, 6.07) is 9.63. The standard InChI is InChI=1S/C19H19N3O5S2/c23-19(26-13-17-20-18(21-27-17)16-8-5-11-28-16)14-6-4-7-15(12-14)29(24,25)22-9-2-1-3-10-22/h4-8,11-12H,1-3,9-10,13H2. The van der Waals surface area contributed by atoms with Crippen LogP contribution in [0.1, 0.15) is 35.5 Å². The van der Waals surface area contributed by atoms with Gasteiger partial charge in [0.15, 0.2) is 6.61 Å². The van der Waals surface area contributed by atoms with Gasteiger partial charge in [-0.1, -0.05) is 23.7 Å². The Hall–Kier alpha value is -2.56. The van der Waals surface area contributed by atoms with Gasteiger partial charge in [0, 0.05) is 13.1 Å². The fourth-order valence-corrected chi connectivity index (χ4v) is 5.28. The minimum atomic E-state index is -3.62. The molecule has 0 atom stereocenters. The zero-order valence-corrected chi connectivity index (χ0v) is 17.1.